The molecule has 64 heavy (non-hydrogen) atoms. The molecular weight excluding hydrogens is 777 g/mol. The molecule has 0 bridgehead atoms. The first-order chi connectivity index (χ1) is 31.8. The van der Waals surface area contributed by atoms with Gasteiger partial charge in [-0.1, -0.05) is 178 Å². The van der Waals surface area contributed by atoms with Crippen molar-refractivity contribution in [3.8, 4) is 0 Å². The Hall–Kier alpha value is -2.87. The molecule has 9 rings (SSSR count). The van der Waals surface area contributed by atoms with E-state index in [-0.39, 0.29) is 21.4 Å². The molecule has 5 aliphatic carbocycles. The summed E-state index contributed by atoms with van der Waals surface area (Å²) in [6, 6.07) is 39.4. The van der Waals surface area contributed by atoms with Crippen LogP contribution in [0.2, 0.25) is 0 Å². The summed E-state index contributed by atoms with van der Waals surface area (Å²) in [6.45, 7) is 4.96. The highest BCUT2D eigenvalue weighted by molar-refractivity contribution is 7.03. The van der Waals surface area contributed by atoms with E-state index >= 15 is 0 Å². The summed E-state index contributed by atoms with van der Waals surface area (Å²) < 4.78 is 9.26. The third kappa shape index (κ3) is 10.3. The largest absolute Gasteiger partial charge is 0.450 e. The third-order valence-corrected chi connectivity index (χ3v) is 17.2. The van der Waals surface area contributed by atoms with E-state index in [0.717, 1.165) is 0 Å². The first-order valence-corrected chi connectivity index (χ1v) is 27.6. The molecule has 0 N–H and O–H groups in total. The number of hydrogen-bond acceptors (Lipinski definition) is 6. The van der Waals surface area contributed by atoms with Crippen molar-refractivity contribution in [1.82, 2.24) is 14.4 Å². The van der Waals surface area contributed by atoms with Crippen LogP contribution >= 0.6 is 0 Å². The summed E-state index contributed by atoms with van der Waals surface area (Å²) in [5, 5.41) is 0. The molecule has 344 valence electrons. The zero-order valence-electron chi connectivity index (χ0n) is 40.5. The van der Waals surface area contributed by atoms with Gasteiger partial charge in [-0.25, -0.2) is 0 Å². The van der Waals surface area contributed by atoms with Gasteiger partial charge in [0.1, 0.15) is 0 Å². The van der Waals surface area contributed by atoms with Gasteiger partial charge in [0.05, 0.1) is 0 Å². The van der Waals surface area contributed by atoms with Crippen LogP contribution < -0.4 is 14.2 Å². The molecule has 0 amide bonds. The van der Waals surface area contributed by atoms with E-state index in [1.807, 2.05) is 0 Å². The lowest BCUT2D eigenvalue weighted by Crippen LogP contribution is -2.91. The second kappa shape index (κ2) is 23.2. The molecule has 1 heterocycles. The number of hydrogen-bond donors (Lipinski definition) is 0. The van der Waals surface area contributed by atoms with Crippen molar-refractivity contribution in [2.75, 3.05) is 14.2 Å². The average Bonchev–Trinajstić information content (AvgIpc) is 3.37. The summed E-state index contributed by atoms with van der Waals surface area (Å²) in [5.41, 5.74) is 4.18. The molecule has 5 saturated carbocycles. The quantitative estimate of drug-likeness (QED) is 0.133. The van der Waals surface area contributed by atoms with Crippen molar-refractivity contribution >= 4 is 38.4 Å². The Bertz CT molecular complexity index is 1630. The van der Waals surface area contributed by atoms with E-state index in [4.69, 9.17) is 0 Å². The van der Waals surface area contributed by atoms with Gasteiger partial charge in [0.2, 0.25) is 0 Å². The van der Waals surface area contributed by atoms with Gasteiger partial charge in [-0.15, -0.1) is 0 Å². The number of rotatable bonds is 16. The van der Waals surface area contributed by atoms with E-state index in [2.05, 4.69) is 133 Å². The van der Waals surface area contributed by atoms with Crippen LogP contribution in [0, 0.1) is 0 Å². The highest BCUT2D eigenvalue weighted by Gasteiger charge is 2.64. The minimum atomic E-state index is 0.0500. The molecule has 6 fully saturated rings. The highest BCUT2D eigenvalue weighted by Crippen LogP contribution is 2.45. The average molecular weight is 863 g/mol. The fraction of sp³-hybridized carbons (Fsp3) is 0.673. The van der Waals surface area contributed by atoms with Gasteiger partial charge in [-0.05, 0) is 113 Å². The van der Waals surface area contributed by atoms with Crippen LogP contribution in [-0.4, -0.2) is 72.0 Å². The number of anilines is 3. The molecule has 3 aromatic carbocycles. The van der Waals surface area contributed by atoms with E-state index < -0.39 is 0 Å². The topological polar surface area (TPSA) is 19.4 Å². The molecule has 0 spiro atoms. The van der Waals surface area contributed by atoms with Crippen LogP contribution in [0.1, 0.15) is 200 Å². The summed E-state index contributed by atoms with van der Waals surface area (Å²) in [6.07, 6.45) is 38.8. The Kier molecular flexibility index (Phi) is 16.8. The second-order valence-electron chi connectivity index (χ2n) is 21.3. The van der Waals surface area contributed by atoms with E-state index in [1.165, 1.54) is 203 Å². The normalized spacial score (nSPS) is 22.6. The van der Waals surface area contributed by atoms with Crippen molar-refractivity contribution in [1.29, 1.82) is 0 Å². The molecule has 1 atom stereocenters. The van der Waals surface area contributed by atoms with Crippen LogP contribution in [0.5, 0.6) is 0 Å². The first kappa shape index (κ1) is 46.3. The maximum absolute atomic E-state index is 3.26. The third-order valence-electron chi connectivity index (χ3n) is 17.2. The molecule has 3 aromatic rings. The van der Waals surface area contributed by atoms with Gasteiger partial charge in [0, 0.05) is 53.3 Å². The van der Waals surface area contributed by atoms with Gasteiger partial charge in [-0.3, -0.25) is 14.4 Å². The van der Waals surface area contributed by atoms with Crippen LogP contribution in [0.25, 0.3) is 0 Å². The number of unbranched alkanes of at least 4 members (excludes halogenated alkanes) is 1. The predicted octanol–water partition coefficient (Wildman–Crippen LogP) is 14.0. The minimum absolute atomic E-state index is 0.0500. The van der Waals surface area contributed by atoms with Crippen molar-refractivity contribution in [3.63, 3.8) is 0 Å². The SMILES string of the molecule is CCCCC(CC)N(B1N(c2ccccc2)B(N(C2CCCCC2)C2CCCCC2)N(c2ccccc2)B(N(C2CCCCC2)C2CCCCC2)N1c1ccccc1)C1CCCCC1. The maximum atomic E-state index is 3.26. The Labute approximate surface area is 392 Å². The number of para-hydroxylation sites is 3. The van der Waals surface area contributed by atoms with Gasteiger partial charge in [0.25, 0.3) is 0 Å². The van der Waals surface area contributed by atoms with E-state index in [1.54, 1.807) is 0 Å². The zero-order valence-corrected chi connectivity index (χ0v) is 40.5. The Morgan fingerprint density at radius 2 is 0.703 bits per heavy atom. The Balaban J connectivity index is 1.38. The summed E-state index contributed by atoms with van der Waals surface area (Å²) in [7, 11) is 0.180. The van der Waals surface area contributed by atoms with E-state index in [0.29, 0.717) is 36.3 Å². The van der Waals surface area contributed by atoms with Crippen LogP contribution in [0.4, 0.5) is 17.1 Å². The van der Waals surface area contributed by atoms with Gasteiger partial charge in [0.15, 0.2) is 0 Å². The van der Waals surface area contributed by atoms with Gasteiger partial charge < -0.3 is 14.2 Å². The fourth-order valence-corrected chi connectivity index (χ4v) is 14.1. The molecule has 6 nitrogen and oxygen atoms in total. The molecule has 0 radical (unpaired) electrons. The molecule has 6 aliphatic rings. The maximum Gasteiger partial charge on any atom is 0.450 e. The summed E-state index contributed by atoms with van der Waals surface area (Å²) in [4.78, 5) is 9.75. The fourth-order valence-electron chi connectivity index (χ4n) is 14.1. The predicted molar refractivity (Wildman–Crippen MR) is 278 cm³/mol. The number of nitrogens with zero attached hydrogens (tertiary/aromatic N) is 6. The van der Waals surface area contributed by atoms with Crippen LogP contribution in [0.3, 0.4) is 0 Å². The van der Waals surface area contributed by atoms with Crippen molar-refractivity contribution in [3.05, 3.63) is 91.0 Å². The molecule has 0 aromatic heterocycles. The zero-order chi connectivity index (χ0) is 43.5. The first-order valence-electron chi connectivity index (χ1n) is 27.6. The van der Waals surface area contributed by atoms with Crippen LogP contribution in [0.15, 0.2) is 91.0 Å². The number of benzene rings is 3. The lowest BCUT2D eigenvalue weighted by Gasteiger charge is -2.65. The summed E-state index contributed by atoms with van der Waals surface area (Å²) in [5.74, 6) is 0. The molecular formula is C55H85B3N6. The summed E-state index contributed by atoms with van der Waals surface area (Å²) >= 11 is 0. The van der Waals surface area contributed by atoms with Gasteiger partial charge in [-0.2, -0.15) is 0 Å². The molecule has 1 aliphatic heterocycles. The van der Waals surface area contributed by atoms with Crippen molar-refractivity contribution in [2.24, 2.45) is 0 Å². The highest BCUT2D eigenvalue weighted by atomic mass is 15.5. The van der Waals surface area contributed by atoms with E-state index in [9.17, 15) is 0 Å². The van der Waals surface area contributed by atoms with Gasteiger partial charge >= 0.3 is 21.4 Å². The van der Waals surface area contributed by atoms with Crippen LogP contribution in [-0.2, 0) is 0 Å². The molecule has 9 heteroatoms. The monoisotopic (exact) mass is 863 g/mol. The Morgan fingerprint density at radius 3 is 1.00 bits per heavy atom. The second-order valence-corrected chi connectivity index (χ2v) is 21.3. The standard InChI is InChI=1S/C55H85B3N6/c1-3-5-30-47(4-2)59(48-31-14-6-15-32-48)56-62(53-41-24-11-25-42-53)57(60(49-33-16-7-17-34-49)50-35-18-8-19-36-50)64(55-45-28-13-29-46-55)58(63(56)54-43-26-12-27-44-54)61(51-37-20-9-21-38-51)52-39-22-10-23-40-52/h11-13,24-29,41-52H,3-10,14-23,30-40H2,1-2H3. The smallest absolute Gasteiger partial charge is 0.395 e. The van der Waals surface area contributed by atoms with Crippen molar-refractivity contribution in [2.45, 2.75) is 236 Å². The molecule has 1 saturated heterocycles. The lowest BCUT2D eigenvalue weighted by molar-refractivity contribution is 0.155. The molecule has 1 unspecified atom stereocenters. The minimum Gasteiger partial charge on any atom is -0.395 e. The lowest BCUT2D eigenvalue weighted by atomic mass is 9.50. The van der Waals surface area contributed by atoms with Crippen molar-refractivity contribution < 1.29 is 0 Å². The Morgan fingerprint density at radius 1 is 0.406 bits per heavy atom.